The Morgan fingerprint density at radius 2 is 1.88 bits per heavy atom. The van der Waals surface area contributed by atoms with Gasteiger partial charge in [-0.2, -0.15) is 5.10 Å². The summed E-state index contributed by atoms with van der Waals surface area (Å²) in [4.78, 5) is 14.6. The van der Waals surface area contributed by atoms with E-state index in [2.05, 4.69) is 45.6 Å². The Kier molecular flexibility index (Phi) is 5.53. The van der Waals surface area contributed by atoms with Crippen molar-refractivity contribution in [3.05, 3.63) is 47.3 Å². The average molecular weight is 340 g/mol. The number of hydrogen-bond donors (Lipinski definition) is 1. The molecular formula is C20H28N4O. The van der Waals surface area contributed by atoms with E-state index in [9.17, 15) is 4.79 Å². The number of nitrogens with one attached hydrogen (secondary N) is 1. The van der Waals surface area contributed by atoms with E-state index in [4.69, 9.17) is 0 Å². The maximum absolute atomic E-state index is 12.4. The Hall–Kier alpha value is -2.14. The third-order valence-electron chi connectivity index (χ3n) is 5.22. The van der Waals surface area contributed by atoms with Crippen molar-refractivity contribution >= 4 is 11.6 Å². The van der Waals surface area contributed by atoms with E-state index in [1.807, 2.05) is 20.9 Å². The maximum atomic E-state index is 12.4. The first kappa shape index (κ1) is 17.7. The Labute approximate surface area is 150 Å². The highest BCUT2D eigenvalue weighted by Gasteiger charge is 2.22. The first-order valence-electron chi connectivity index (χ1n) is 9.09. The summed E-state index contributed by atoms with van der Waals surface area (Å²) in [5.41, 5.74) is 4.13. The second-order valence-corrected chi connectivity index (χ2v) is 7.13. The van der Waals surface area contributed by atoms with E-state index in [-0.39, 0.29) is 5.91 Å². The predicted octanol–water partition coefficient (Wildman–Crippen LogP) is 2.93. The summed E-state index contributed by atoms with van der Waals surface area (Å²) in [5.74, 6) is 0.783. The van der Waals surface area contributed by atoms with E-state index in [0.29, 0.717) is 6.54 Å². The lowest BCUT2D eigenvalue weighted by Gasteiger charge is -2.31. The van der Waals surface area contributed by atoms with Crippen LogP contribution in [0.4, 0.5) is 5.69 Å². The van der Waals surface area contributed by atoms with Crippen LogP contribution in [0, 0.1) is 19.8 Å². The lowest BCUT2D eigenvalue weighted by atomic mass is 9.90. The smallest absolute Gasteiger partial charge is 0.238 e. The van der Waals surface area contributed by atoms with Gasteiger partial charge in [-0.3, -0.25) is 14.4 Å². The molecular weight excluding hydrogens is 312 g/mol. The molecule has 1 aliphatic heterocycles. The van der Waals surface area contributed by atoms with E-state index < -0.39 is 0 Å². The Morgan fingerprint density at radius 3 is 2.48 bits per heavy atom. The predicted molar refractivity (Wildman–Crippen MR) is 101 cm³/mol. The van der Waals surface area contributed by atoms with Gasteiger partial charge in [0.05, 0.1) is 23.6 Å². The number of aromatic nitrogens is 2. The largest absolute Gasteiger partial charge is 0.322 e. The Bertz CT molecular complexity index is 715. The topological polar surface area (TPSA) is 50.2 Å². The van der Waals surface area contributed by atoms with Gasteiger partial charge in [-0.25, -0.2) is 0 Å². The fourth-order valence-corrected chi connectivity index (χ4v) is 3.63. The number of benzene rings is 1. The average Bonchev–Trinajstić information content (AvgIpc) is 2.84. The van der Waals surface area contributed by atoms with Crippen molar-refractivity contribution in [3.8, 4) is 0 Å². The number of aryl methyl sites for hydroxylation is 2. The number of amides is 1. The van der Waals surface area contributed by atoms with Crippen LogP contribution in [-0.2, 0) is 18.3 Å². The van der Waals surface area contributed by atoms with Crippen LogP contribution < -0.4 is 5.32 Å². The lowest BCUT2D eigenvalue weighted by Crippen LogP contribution is -2.39. The Morgan fingerprint density at radius 1 is 1.20 bits per heavy atom. The molecule has 1 aliphatic rings. The number of rotatable bonds is 5. The molecule has 3 rings (SSSR count). The van der Waals surface area contributed by atoms with Crippen LogP contribution in [0.15, 0.2) is 30.3 Å². The van der Waals surface area contributed by atoms with Crippen molar-refractivity contribution in [2.45, 2.75) is 33.1 Å². The van der Waals surface area contributed by atoms with Gasteiger partial charge < -0.3 is 5.32 Å². The minimum absolute atomic E-state index is 0.0562. The van der Waals surface area contributed by atoms with Crippen LogP contribution >= 0.6 is 0 Å². The van der Waals surface area contributed by atoms with Gasteiger partial charge in [0.1, 0.15) is 0 Å². The summed E-state index contributed by atoms with van der Waals surface area (Å²) in [5, 5.41) is 7.38. The molecule has 2 aromatic rings. The zero-order valence-corrected chi connectivity index (χ0v) is 15.5. The van der Waals surface area contributed by atoms with Gasteiger partial charge in [-0.05, 0) is 57.7 Å². The van der Waals surface area contributed by atoms with Crippen LogP contribution in [0.25, 0.3) is 0 Å². The number of carbonyl (C=O) groups is 1. The molecule has 0 unspecified atom stereocenters. The maximum Gasteiger partial charge on any atom is 0.238 e. The number of piperidine rings is 1. The molecule has 0 aliphatic carbocycles. The summed E-state index contributed by atoms with van der Waals surface area (Å²) in [6, 6.07) is 10.7. The highest BCUT2D eigenvalue weighted by molar-refractivity contribution is 5.93. The van der Waals surface area contributed by atoms with Crippen molar-refractivity contribution in [2.75, 3.05) is 25.0 Å². The van der Waals surface area contributed by atoms with E-state index in [1.54, 1.807) is 4.68 Å². The summed E-state index contributed by atoms with van der Waals surface area (Å²) in [6.07, 6.45) is 3.47. The van der Waals surface area contributed by atoms with Crippen molar-refractivity contribution in [3.63, 3.8) is 0 Å². The van der Waals surface area contributed by atoms with Crippen LogP contribution in [0.5, 0.6) is 0 Å². The highest BCUT2D eigenvalue weighted by Crippen LogP contribution is 2.22. The van der Waals surface area contributed by atoms with Crippen molar-refractivity contribution in [1.29, 1.82) is 0 Å². The third kappa shape index (κ3) is 4.48. The molecule has 0 atom stereocenters. The Balaban J connectivity index is 1.46. The SMILES string of the molecule is Cc1nn(C)c(C)c1NC(=O)CN1CCC(Cc2ccccc2)CC1. The molecule has 0 saturated carbocycles. The van der Waals surface area contributed by atoms with Gasteiger partial charge in [0.2, 0.25) is 5.91 Å². The quantitative estimate of drug-likeness (QED) is 0.910. The lowest BCUT2D eigenvalue weighted by molar-refractivity contribution is -0.117. The number of hydrogen-bond acceptors (Lipinski definition) is 3. The normalized spacial score (nSPS) is 16.1. The molecule has 2 heterocycles. The minimum atomic E-state index is 0.0562. The zero-order chi connectivity index (χ0) is 17.8. The van der Waals surface area contributed by atoms with Crippen molar-refractivity contribution < 1.29 is 4.79 Å². The molecule has 1 saturated heterocycles. The van der Waals surface area contributed by atoms with Crippen LogP contribution in [0.2, 0.25) is 0 Å². The van der Waals surface area contributed by atoms with Crippen LogP contribution in [-0.4, -0.2) is 40.2 Å². The molecule has 5 heteroatoms. The van der Waals surface area contributed by atoms with E-state index >= 15 is 0 Å². The molecule has 1 amide bonds. The summed E-state index contributed by atoms with van der Waals surface area (Å²) in [6.45, 7) is 6.36. The summed E-state index contributed by atoms with van der Waals surface area (Å²) >= 11 is 0. The molecule has 1 N–H and O–H groups in total. The van der Waals surface area contributed by atoms with E-state index in [1.165, 1.54) is 5.56 Å². The van der Waals surface area contributed by atoms with Crippen LogP contribution in [0.1, 0.15) is 29.8 Å². The molecule has 1 aromatic heterocycles. The van der Waals surface area contributed by atoms with Gasteiger partial charge in [0.15, 0.2) is 0 Å². The number of likely N-dealkylation sites (tertiary alicyclic amines) is 1. The van der Waals surface area contributed by atoms with Gasteiger partial charge in [-0.1, -0.05) is 30.3 Å². The third-order valence-corrected chi connectivity index (χ3v) is 5.22. The van der Waals surface area contributed by atoms with Crippen LogP contribution in [0.3, 0.4) is 0 Å². The van der Waals surface area contributed by atoms with Gasteiger partial charge in [0, 0.05) is 7.05 Å². The molecule has 5 nitrogen and oxygen atoms in total. The van der Waals surface area contributed by atoms with Gasteiger partial charge >= 0.3 is 0 Å². The summed E-state index contributed by atoms with van der Waals surface area (Å²) < 4.78 is 1.81. The highest BCUT2D eigenvalue weighted by atomic mass is 16.2. The first-order chi connectivity index (χ1) is 12.0. The molecule has 0 bridgehead atoms. The fraction of sp³-hybridized carbons (Fsp3) is 0.500. The molecule has 0 radical (unpaired) electrons. The second-order valence-electron chi connectivity index (χ2n) is 7.13. The summed E-state index contributed by atoms with van der Waals surface area (Å²) in [7, 11) is 1.90. The zero-order valence-electron chi connectivity index (χ0n) is 15.5. The molecule has 1 fully saturated rings. The van der Waals surface area contributed by atoms with Crippen molar-refractivity contribution in [1.82, 2.24) is 14.7 Å². The minimum Gasteiger partial charge on any atom is -0.322 e. The molecule has 25 heavy (non-hydrogen) atoms. The first-order valence-corrected chi connectivity index (χ1v) is 9.09. The fourth-order valence-electron chi connectivity index (χ4n) is 3.63. The van der Waals surface area contributed by atoms with Gasteiger partial charge in [0.25, 0.3) is 0 Å². The number of anilines is 1. The number of carbonyl (C=O) groups excluding carboxylic acids is 1. The standard InChI is InChI=1S/C20H28N4O/c1-15-20(16(2)23(3)22-15)21-19(25)14-24-11-9-18(10-12-24)13-17-7-5-4-6-8-17/h4-8,18H,9-14H2,1-3H3,(H,21,25). The number of nitrogens with zero attached hydrogens (tertiary/aromatic N) is 3. The van der Waals surface area contributed by atoms with Gasteiger partial charge in [-0.15, -0.1) is 0 Å². The molecule has 0 spiro atoms. The molecule has 134 valence electrons. The monoisotopic (exact) mass is 340 g/mol. The van der Waals surface area contributed by atoms with E-state index in [0.717, 1.165) is 55.3 Å². The van der Waals surface area contributed by atoms with Crippen molar-refractivity contribution in [2.24, 2.45) is 13.0 Å². The molecule has 1 aromatic carbocycles. The second kappa shape index (κ2) is 7.83.